The van der Waals surface area contributed by atoms with E-state index >= 15 is 0 Å². The van der Waals surface area contributed by atoms with Crippen LogP contribution in [0.15, 0.2) is 30.5 Å². The average molecular weight is 636 g/mol. The third kappa shape index (κ3) is 7.25. The number of nitrogens with zero attached hydrogens (tertiary/aromatic N) is 5. The Bertz CT molecular complexity index is 1650. The number of likely N-dealkylation sites (tertiary alicyclic amines) is 2. The Kier molecular flexibility index (Phi) is 8.41. The number of nitrogens with one attached hydrogen (secondary N) is 3. The SMILES string of the molecule is [2H]C([2H])([2H])NC(=O)c1nnc(NC(=O)C2CC2)cc1Nc1cccc(-c2ncc(C(=O)N3CCC(CCN4CCCC4)CC3)s2)c1OC. The maximum absolute atomic E-state index is 13.5. The lowest BCUT2D eigenvalue weighted by Crippen LogP contribution is -2.38. The third-order valence-corrected chi connectivity index (χ3v) is 9.73. The van der Waals surface area contributed by atoms with Crippen LogP contribution in [0.1, 0.15) is 69.2 Å². The number of hydrogen-bond acceptors (Lipinski definition) is 10. The number of aromatic nitrogens is 3. The first-order valence-corrected chi connectivity index (χ1v) is 16.3. The van der Waals surface area contributed by atoms with Crippen LogP contribution in [0, 0.1) is 11.8 Å². The van der Waals surface area contributed by atoms with Crippen LogP contribution >= 0.6 is 11.3 Å². The van der Waals surface area contributed by atoms with E-state index in [1.807, 2.05) is 16.3 Å². The first-order valence-electron chi connectivity index (χ1n) is 17.0. The van der Waals surface area contributed by atoms with Gasteiger partial charge in [-0.2, -0.15) is 0 Å². The van der Waals surface area contributed by atoms with Crippen molar-refractivity contribution in [3.8, 4) is 16.3 Å². The summed E-state index contributed by atoms with van der Waals surface area (Å²) in [5.74, 6) is -0.165. The van der Waals surface area contributed by atoms with E-state index in [1.54, 1.807) is 18.3 Å². The van der Waals surface area contributed by atoms with E-state index in [2.05, 4.69) is 30.7 Å². The van der Waals surface area contributed by atoms with Crippen LogP contribution in [0.2, 0.25) is 0 Å². The van der Waals surface area contributed by atoms with Gasteiger partial charge in [0.2, 0.25) is 5.91 Å². The van der Waals surface area contributed by atoms with Gasteiger partial charge in [-0.25, -0.2) is 4.98 Å². The van der Waals surface area contributed by atoms with E-state index in [1.165, 1.54) is 56.9 Å². The highest BCUT2D eigenvalue weighted by atomic mass is 32.1. The maximum Gasteiger partial charge on any atom is 0.273 e. The van der Waals surface area contributed by atoms with E-state index in [9.17, 15) is 14.4 Å². The number of ether oxygens (including phenoxy) is 1. The molecule has 238 valence electrons. The minimum Gasteiger partial charge on any atom is -0.494 e. The summed E-state index contributed by atoms with van der Waals surface area (Å²) < 4.78 is 28.1. The Morgan fingerprint density at radius 3 is 2.60 bits per heavy atom. The molecule has 3 amide bonds. The van der Waals surface area contributed by atoms with Crippen molar-refractivity contribution in [3.05, 3.63) is 41.0 Å². The molecule has 2 saturated heterocycles. The molecular formula is C32H40N8O4S. The molecule has 3 aromatic rings. The molecule has 0 spiro atoms. The van der Waals surface area contributed by atoms with Crippen LogP contribution in [0.5, 0.6) is 5.75 Å². The Balaban J connectivity index is 1.18. The summed E-state index contributed by atoms with van der Waals surface area (Å²) in [5, 5.41) is 16.2. The van der Waals surface area contributed by atoms with Crippen LogP contribution in [0.4, 0.5) is 17.2 Å². The highest BCUT2D eigenvalue weighted by molar-refractivity contribution is 7.17. The second-order valence-electron chi connectivity index (χ2n) is 11.8. The Morgan fingerprint density at radius 1 is 1.07 bits per heavy atom. The van der Waals surface area contributed by atoms with Gasteiger partial charge in [-0.3, -0.25) is 14.4 Å². The van der Waals surface area contributed by atoms with Crippen molar-refractivity contribution < 1.29 is 23.2 Å². The molecule has 3 aliphatic rings. The van der Waals surface area contributed by atoms with E-state index in [4.69, 9.17) is 8.85 Å². The van der Waals surface area contributed by atoms with Gasteiger partial charge in [0, 0.05) is 36.2 Å². The standard InChI is InChI=1S/C32H40N8O4S/c1-33-30(42)27-24(18-26(37-38-27)36-29(41)21-8-9-21)35-23-7-5-6-22(28(23)44-2)31-34-19-25(45-31)32(43)40-16-11-20(12-17-40)10-15-39-13-3-4-14-39/h5-7,18-21H,3-4,8-17H2,1-2H3,(H,33,42)(H2,35,36,37,41)/i1D3. The van der Waals surface area contributed by atoms with Crippen molar-refractivity contribution in [2.24, 2.45) is 11.8 Å². The molecule has 13 heteroatoms. The van der Waals surface area contributed by atoms with Crippen LogP contribution in [-0.4, -0.2) is 89.5 Å². The lowest BCUT2D eigenvalue weighted by molar-refractivity contribution is -0.117. The molecule has 1 aliphatic carbocycles. The number of hydrogen-bond donors (Lipinski definition) is 3. The molecule has 0 radical (unpaired) electrons. The van der Waals surface area contributed by atoms with Gasteiger partial charge in [-0.05, 0) is 82.6 Å². The summed E-state index contributed by atoms with van der Waals surface area (Å²) >= 11 is 1.28. The monoisotopic (exact) mass is 635 g/mol. The minimum atomic E-state index is -2.75. The molecule has 0 atom stereocenters. The fourth-order valence-corrected chi connectivity index (χ4v) is 6.87. The van der Waals surface area contributed by atoms with Crippen molar-refractivity contribution in [2.75, 3.05) is 57.4 Å². The van der Waals surface area contributed by atoms with E-state index in [0.717, 1.165) is 45.3 Å². The van der Waals surface area contributed by atoms with Crippen LogP contribution in [0.3, 0.4) is 0 Å². The second-order valence-corrected chi connectivity index (χ2v) is 12.9. The normalized spacial score (nSPS) is 18.5. The zero-order valence-corrected chi connectivity index (χ0v) is 26.1. The van der Waals surface area contributed by atoms with Gasteiger partial charge in [0.15, 0.2) is 17.3 Å². The maximum atomic E-state index is 13.5. The number of rotatable bonds is 11. The van der Waals surface area contributed by atoms with Gasteiger partial charge in [-0.1, -0.05) is 6.07 Å². The Morgan fingerprint density at radius 2 is 1.87 bits per heavy atom. The summed E-state index contributed by atoms with van der Waals surface area (Å²) in [6, 6.07) is 6.72. The fourth-order valence-electron chi connectivity index (χ4n) is 5.97. The molecular weight excluding hydrogens is 592 g/mol. The second kappa shape index (κ2) is 13.9. The number of para-hydroxylation sites is 1. The Hall–Kier alpha value is -4.10. The number of thiazole rings is 1. The highest BCUT2D eigenvalue weighted by Gasteiger charge is 2.30. The highest BCUT2D eigenvalue weighted by Crippen LogP contribution is 2.40. The van der Waals surface area contributed by atoms with Crippen molar-refractivity contribution in [1.82, 2.24) is 30.3 Å². The summed E-state index contributed by atoms with van der Waals surface area (Å²) in [6.07, 6.45) is 8.98. The van der Waals surface area contributed by atoms with Crippen molar-refractivity contribution in [1.29, 1.82) is 0 Å². The zero-order valence-electron chi connectivity index (χ0n) is 28.3. The lowest BCUT2D eigenvalue weighted by Gasteiger charge is -2.32. The summed E-state index contributed by atoms with van der Waals surface area (Å²) in [4.78, 5) is 48.3. The molecule has 4 heterocycles. The molecule has 3 N–H and O–H groups in total. The smallest absolute Gasteiger partial charge is 0.273 e. The molecule has 0 unspecified atom stereocenters. The summed E-state index contributed by atoms with van der Waals surface area (Å²) in [7, 11) is 1.49. The number of piperidine rings is 1. The first-order chi connectivity index (χ1) is 23.1. The van der Waals surface area contributed by atoms with Gasteiger partial charge in [0.05, 0.1) is 30.2 Å². The van der Waals surface area contributed by atoms with Crippen LogP contribution in [0.25, 0.3) is 10.6 Å². The number of methoxy groups -OCH3 is 1. The molecule has 1 aromatic carbocycles. The van der Waals surface area contributed by atoms with Crippen molar-refractivity contribution in [3.63, 3.8) is 0 Å². The van der Waals surface area contributed by atoms with E-state index in [-0.39, 0.29) is 34.9 Å². The molecule has 6 rings (SSSR count). The number of carbonyl (C=O) groups excluding carboxylic acids is 3. The van der Waals surface area contributed by atoms with Crippen molar-refractivity contribution >= 4 is 46.3 Å². The van der Waals surface area contributed by atoms with Gasteiger partial charge < -0.3 is 30.5 Å². The zero-order chi connectivity index (χ0) is 33.8. The first kappa shape index (κ1) is 27.2. The summed E-state index contributed by atoms with van der Waals surface area (Å²) in [5.41, 5.74) is 0.853. The fraction of sp³-hybridized carbons (Fsp3) is 0.500. The predicted octanol–water partition coefficient (Wildman–Crippen LogP) is 4.40. The molecule has 2 aliphatic heterocycles. The Labute approximate surface area is 271 Å². The number of carbonyl (C=O) groups is 3. The van der Waals surface area contributed by atoms with Gasteiger partial charge in [-0.15, -0.1) is 21.5 Å². The van der Waals surface area contributed by atoms with Gasteiger partial charge in [0.1, 0.15) is 9.88 Å². The van der Waals surface area contributed by atoms with Gasteiger partial charge >= 0.3 is 0 Å². The predicted molar refractivity (Wildman–Crippen MR) is 173 cm³/mol. The third-order valence-electron chi connectivity index (χ3n) is 8.71. The van der Waals surface area contributed by atoms with Crippen LogP contribution < -0.4 is 20.7 Å². The summed E-state index contributed by atoms with van der Waals surface area (Å²) in [6.45, 7) is 2.29. The molecule has 3 fully saturated rings. The number of anilines is 3. The molecule has 0 bridgehead atoms. The van der Waals surface area contributed by atoms with Crippen molar-refractivity contribution in [2.45, 2.75) is 44.9 Å². The number of amides is 3. The minimum absolute atomic E-state index is 0.0291. The molecule has 12 nitrogen and oxygen atoms in total. The lowest BCUT2D eigenvalue weighted by atomic mass is 9.93. The largest absolute Gasteiger partial charge is 0.494 e. The average Bonchev–Trinajstić information content (AvgIpc) is 3.56. The van der Waals surface area contributed by atoms with Gasteiger partial charge in [0.25, 0.3) is 11.8 Å². The molecule has 45 heavy (non-hydrogen) atoms. The van der Waals surface area contributed by atoms with Crippen LogP contribution in [-0.2, 0) is 4.79 Å². The number of benzene rings is 1. The molecule has 2 aromatic heterocycles. The van der Waals surface area contributed by atoms with E-state index in [0.29, 0.717) is 32.8 Å². The quantitative estimate of drug-likeness (QED) is 0.280. The van der Waals surface area contributed by atoms with E-state index < -0.39 is 12.9 Å². The molecule has 1 saturated carbocycles. The topological polar surface area (TPSA) is 142 Å².